The Balaban J connectivity index is 1.87. The molecule has 0 spiro atoms. The molecular weight excluding hydrogens is 414 g/mol. The van der Waals surface area contributed by atoms with Gasteiger partial charge in [0, 0.05) is 37.0 Å². The fourth-order valence-electron chi connectivity index (χ4n) is 2.23. The van der Waals surface area contributed by atoms with Crippen LogP contribution >= 0.6 is 38.9 Å². The first-order valence-corrected chi connectivity index (χ1v) is 9.01. The maximum absolute atomic E-state index is 7.82. The molecule has 0 amide bonds. The number of nitrogens with zero attached hydrogens (tertiary/aromatic N) is 1. The Hall–Kier alpha value is -1.12. The molecule has 0 saturated heterocycles. The number of thiophene rings is 1. The second-order valence-electron chi connectivity index (χ2n) is 4.97. The molecule has 0 saturated carbocycles. The van der Waals surface area contributed by atoms with Gasteiger partial charge >= 0.3 is 0 Å². The van der Waals surface area contributed by atoms with E-state index in [9.17, 15) is 0 Å². The van der Waals surface area contributed by atoms with Crippen LogP contribution < -0.4 is 11.1 Å². The Morgan fingerprint density at radius 3 is 3.29 bits per heavy atom. The second kappa shape index (κ2) is 7.84. The zero-order valence-electron chi connectivity index (χ0n) is 17.3. The predicted octanol–water partition coefficient (Wildman–Crippen LogP) is 4.43. The lowest BCUT2D eigenvalue weighted by atomic mass is 10.2. The summed E-state index contributed by atoms with van der Waals surface area (Å²) in [5, 5.41) is 5.48. The number of rotatable bonds is 7. The number of anilines is 1. The molecule has 3 aromatic rings. The Morgan fingerprint density at radius 2 is 2.54 bits per heavy atom. The van der Waals surface area contributed by atoms with E-state index in [1.807, 2.05) is 17.5 Å². The van der Waals surface area contributed by atoms with Gasteiger partial charge in [-0.15, -0.1) is 11.3 Å². The standard InChI is InChI=1S/C16H17BrClN3O2S/c1-22-8-9(19)5-12-14(17)15-16(23-12)11(6-13(18)21-15)20-7-10-3-2-4-24-10/h2-4,6,9H,5,7-8,19H2,1H3,(H,20,21)/t9-/m1/s1/i1D3,8D2. The second-order valence-corrected chi connectivity index (χ2v) is 7.19. The molecular formula is C16H17BrClN3O2S. The number of fused-ring (bicyclic) bond motifs is 1. The number of methoxy groups -OCH3 is 1. The monoisotopic (exact) mass is 434 g/mol. The maximum Gasteiger partial charge on any atom is 0.177 e. The third-order valence-corrected chi connectivity index (χ3v) is 5.16. The van der Waals surface area contributed by atoms with Crippen molar-refractivity contribution >= 4 is 55.7 Å². The van der Waals surface area contributed by atoms with Crippen LogP contribution in [0.3, 0.4) is 0 Å². The first kappa shape index (κ1) is 12.3. The van der Waals surface area contributed by atoms with E-state index in [1.165, 1.54) is 0 Å². The predicted molar refractivity (Wildman–Crippen MR) is 102 cm³/mol. The molecule has 8 heteroatoms. The number of hydrogen-bond donors (Lipinski definition) is 2. The van der Waals surface area contributed by atoms with Gasteiger partial charge in [-0.25, -0.2) is 4.98 Å². The van der Waals surface area contributed by atoms with Crippen LogP contribution in [0.5, 0.6) is 0 Å². The molecule has 0 aliphatic rings. The average Bonchev–Trinajstić information content (AvgIpc) is 3.20. The summed E-state index contributed by atoms with van der Waals surface area (Å²) in [5.41, 5.74) is 7.38. The zero-order valence-corrected chi connectivity index (χ0v) is 15.5. The van der Waals surface area contributed by atoms with Crippen molar-refractivity contribution < 1.29 is 16.0 Å². The Kier molecular flexibility index (Phi) is 4.01. The fourth-order valence-corrected chi connectivity index (χ4v) is 3.58. The molecule has 24 heavy (non-hydrogen) atoms. The van der Waals surface area contributed by atoms with E-state index < -0.39 is 19.6 Å². The summed E-state index contributed by atoms with van der Waals surface area (Å²) in [6.07, 6.45) is -0.123. The minimum absolute atomic E-state index is 0.123. The van der Waals surface area contributed by atoms with Crippen molar-refractivity contribution in [1.82, 2.24) is 4.98 Å². The van der Waals surface area contributed by atoms with Crippen molar-refractivity contribution in [2.75, 3.05) is 18.9 Å². The highest BCUT2D eigenvalue weighted by Crippen LogP contribution is 2.36. The van der Waals surface area contributed by atoms with Gasteiger partial charge in [-0.05, 0) is 27.4 Å². The van der Waals surface area contributed by atoms with E-state index >= 15 is 0 Å². The molecule has 0 radical (unpaired) electrons. The first-order chi connectivity index (χ1) is 13.5. The highest BCUT2D eigenvalue weighted by Gasteiger charge is 2.19. The average molecular weight is 436 g/mol. The van der Waals surface area contributed by atoms with Crippen LogP contribution in [-0.2, 0) is 17.7 Å². The van der Waals surface area contributed by atoms with E-state index in [0.717, 1.165) is 4.88 Å². The quantitative estimate of drug-likeness (QED) is 0.537. The lowest BCUT2D eigenvalue weighted by Crippen LogP contribution is -2.27. The summed E-state index contributed by atoms with van der Waals surface area (Å²) in [7, 11) is -2.92. The van der Waals surface area contributed by atoms with Gasteiger partial charge in [0.05, 0.1) is 23.6 Å². The van der Waals surface area contributed by atoms with Gasteiger partial charge in [-0.2, -0.15) is 0 Å². The molecule has 128 valence electrons. The van der Waals surface area contributed by atoms with Gasteiger partial charge in [0.2, 0.25) is 0 Å². The molecule has 3 rings (SSSR count). The van der Waals surface area contributed by atoms with Crippen LogP contribution in [0.15, 0.2) is 32.5 Å². The Labute approximate surface area is 164 Å². The van der Waals surface area contributed by atoms with Crippen LogP contribution in [0.2, 0.25) is 5.15 Å². The minimum atomic E-state index is -2.92. The SMILES string of the molecule is [2H]C([2H])([2H])OC([2H])([2H])[C@H](N)Cc1oc2c(NCc3cccs3)cc(Cl)nc2c1Br. The molecule has 0 bridgehead atoms. The number of furan rings is 1. The summed E-state index contributed by atoms with van der Waals surface area (Å²) < 4.78 is 47.8. The summed E-state index contributed by atoms with van der Waals surface area (Å²) in [6.45, 7) is -2.02. The van der Waals surface area contributed by atoms with E-state index in [4.69, 9.17) is 28.6 Å². The number of hydrogen-bond acceptors (Lipinski definition) is 6. The first-order valence-electron chi connectivity index (χ1n) is 9.46. The smallest absolute Gasteiger partial charge is 0.177 e. The zero-order chi connectivity index (χ0) is 21.4. The van der Waals surface area contributed by atoms with Gasteiger partial charge in [0.1, 0.15) is 16.4 Å². The topological polar surface area (TPSA) is 73.3 Å². The normalized spacial score (nSPS) is 16.9. The van der Waals surface area contributed by atoms with E-state index in [2.05, 4.69) is 31.0 Å². The minimum Gasteiger partial charge on any atom is -0.456 e. The van der Waals surface area contributed by atoms with Gasteiger partial charge in [0.25, 0.3) is 0 Å². The van der Waals surface area contributed by atoms with Gasteiger partial charge in [0.15, 0.2) is 5.58 Å². The third kappa shape index (κ3) is 3.92. The molecule has 0 unspecified atom stereocenters. The number of pyridine rings is 1. The summed E-state index contributed by atoms with van der Waals surface area (Å²) >= 11 is 11.1. The maximum atomic E-state index is 7.82. The lowest BCUT2D eigenvalue weighted by molar-refractivity contribution is 0.178. The van der Waals surface area contributed by atoms with Crippen molar-refractivity contribution in [1.29, 1.82) is 0 Å². The number of nitrogens with one attached hydrogen (secondary N) is 1. The molecule has 0 fully saturated rings. The van der Waals surface area contributed by atoms with Crippen molar-refractivity contribution in [3.8, 4) is 0 Å². The van der Waals surface area contributed by atoms with Crippen molar-refractivity contribution in [2.45, 2.75) is 19.0 Å². The Bertz CT molecular complexity index is 997. The highest BCUT2D eigenvalue weighted by molar-refractivity contribution is 9.10. The van der Waals surface area contributed by atoms with E-state index in [1.54, 1.807) is 17.4 Å². The fraction of sp³-hybridized carbons (Fsp3) is 0.312. The number of ether oxygens (including phenoxy) is 1. The van der Waals surface area contributed by atoms with Crippen LogP contribution in [0.4, 0.5) is 5.69 Å². The summed E-state index contributed by atoms with van der Waals surface area (Å²) in [5.74, 6) is 0.305. The highest BCUT2D eigenvalue weighted by atomic mass is 79.9. The third-order valence-electron chi connectivity index (χ3n) is 3.27. The largest absolute Gasteiger partial charge is 0.456 e. The molecule has 0 aliphatic carbocycles. The van der Waals surface area contributed by atoms with Crippen LogP contribution in [0, 0.1) is 0 Å². The molecule has 3 heterocycles. The van der Waals surface area contributed by atoms with Crippen molar-refractivity contribution in [3.05, 3.63) is 43.8 Å². The van der Waals surface area contributed by atoms with E-state index in [0.29, 0.717) is 33.6 Å². The molecule has 3 N–H and O–H groups in total. The summed E-state index contributed by atoms with van der Waals surface area (Å²) in [4.78, 5) is 5.38. The molecule has 3 aromatic heterocycles. The van der Waals surface area contributed by atoms with Gasteiger partial charge < -0.3 is 20.2 Å². The van der Waals surface area contributed by atoms with Crippen LogP contribution in [0.1, 0.15) is 17.5 Å². The van der Waals surface area contributed by atoms with Crippen LogP contribution in [-0.4, -0.2) is 24.6 Å². The molecule has 0 aliphatic heterocycles. The van der Waals surface area contributed by atoms with E-state index in [-0.39, 0.29) is 11.6 Å². The number of aromatic nitrogens is 1. The molecule has 0 aromatic carbocycles. The summed E-state index contributed by atoms with van der Waals surface area (Å²) in [6, 6.07) is 4.29. The van der Waals surface area contributed by atoms with Gasteiger partial charge in [-0.1, -0.05) is 17.7 Å². The Morgan fingerprint density at radius 1 is 1.67 bits per heavy atom. The van der Waals surface area contributed by atoms with Crippen molar-refractivity contribution in [2.24, 2.45) is 5.73 Å². The molecule has 5 nitrogen and oxygen atoms in total. The van der Waals surface area contributed by atoms with Crippen molar-refractivity contribution in [3.63, 3.8) is 0 Å². The number of nitrogens with two attached hydrogens (primary N) is 1. The molecule has 1 atom stereocenters. The van der Waals surface area contributed by atoms with Gasteiger partial charge in [-0.3, -0.25) is 0 Å². The lowest BCUT2D eigenvalue weighted by Gasteiger charge is -2.08. The number of halogens is 2. The van der Waals surface area contributed by atoms with Crippen LogP contribution in [0.25, 0.3) is 11.1 Å².